The van der Waals surface area contributed by atoms with Crippen molar-refractivity contribution in [2.24, 2.45) is 0 Å². The summed E-state index contributed by atoms with van der Waals surface area (Å²) in [5.74, 6) is 0.737. The van der Waals surface area contributed by atoms with E-state index >= 15 is 0 Å². The fraction of sp³-hybridized carbons (Fsp3) is 0.417. The molecule has 0 radical (unpaired) electrons. The molecule has 168 valence electrons. The molecule has 2 amide bonds. The third kappa shape index (κ3) is 7.74. The zero-order valence-electron chi connectivity index (χ0n) is 18.5. The molecule has 0 spiro atoms. The van der Waals surface area contributed by atoms with Crippen molar-refractivity contribution in [3.05, 3.63) is 69.2 Å². The summed E-state index contributed by atoms with van der Waals surface area (Å²) in [7, 11) is 0. The van der Waals surface area contributed by atoms with Crippen LogP contribution in [0.3, 0.4) is 0 Å². The van der Waals surface area contributed by atoms with E-state index in [9.17, 15) is 9.59 Å². The van der Waals surface area contributed by atoms with E-state index in [1.807, 2.05) is 64.1 Å². The number of thioether (sulfide) groups is 1. The Labute approximate surface area is 199 Å². The predicted octanol–water partition coefficient (Wildman–Crippen LogP) is 5.87. The second-order valence-corrected chi connectivity index (χ2v) is 9.58. The lowest BCUT2D eigenvalue weighted by molar-refractivity contribution is -0.139. The highest BCUT2D eigenvalue weighted by Gasteiger charge is 2.29. The van der Waals surface area contributed by atoms with E-state index in [2.05, 4.69) is 5.32 Å². The molecule has 31 heavy (non-hydrogen) atoms. The van der Waals surface area contributed by atoms with Gasteiger partial charge in [-0.2, -0.15) is 0 Å². The zero-order chi connectivity index (χ0) is 23.0. The lowest BCUT2D eigenvalue weighted by Crippen LogP contribution is -2.51. The Morgan fingerprint density at radius 3 is 2.42 bits per heavy atom. The van der Waals surface area contributed by atoms with Crippen molar-refractivity contribution in [2.45, 2.75) is 58.5 Å². The van der Waals surface area contributed by atoms with E-state index in [0.717, 1.165) is 16.7 Å². The number of amides is 2. The van der Waals surface area contributed by atoms with Crippen molar-refractivity contribution in [1.29, 1.82) is 0 Å². The Morgan fingerprint density at radius 2 is 1.81 bits per heavy atom. The van der Waals surface area contributed by atoms with Crippen molar-refractivity contribution in [1.82, 2.24) is 10.2 Å². The van der Waals surface area contributed by atoms with Crippen molar-refractivity contribution < 1.29 is 9.59 Å². The molecule has 0 aliphatic carbocycles. The SMILES string of the molecule is CCC(C(=O)NC(C)C)N(Cc1ccccc1C)C(=O)CSCc1ccc(Cl)c(Cl)c1. The minimum Gasteiger partial charge on any atom is -0.352 e. The van der Waals surface area contributed by atoms with Crippen molar-refractivity contribution in [2.75, 3.05) is 5.75 Å². The lowest BCUT2D eigenvalue weighted by atomic mass is 10.1. The predicted molar refractivity (Wildman–Crippen MR) is 132 cm³/mol. The molecule has 0 fully saturated rings. The van der Waals surface area contributed by atoms with E-state index in [1.165, 1.54) is 11.8 Å². The molecule has 0 saturated heterocycles. The van der Waals surface area contributed by atoms with Gasteiger partial charge in [0.2, 0.25) is 11.8 Å². The number of halogens is 2. The molecule has 2 rings (SSSR count). The number of aryl methyl sites for hydroxylation is 1. The quantitative estimate of drug-likeness (QED) is 0.462. The van der Waals surface area contributed by atoms with E-state index in [4.69, 9.17) is 23.2 Å². The van der Waals surface area contributed by atoms with Gasteiger partial charge >= 0.3 is 0 Å². The molecule has 0 saturated carbocycles. The highest BCUT2D eigenvalue weighted by Crippen LogP contribution is 2.25. The molecule has 0 aliphatic heterocycles. The van der Waals surface area contributed by atoms with Crippen molar-refractivity contribution in [3.63, 3.8) is 0 Å². The number of nitrogens with one attached hydrogen (secondary N) is 1. The minimum absolute atomic E-state index is 0.0148. The molecule has 1 atom stereocenters. The van der Waals surface area contributed by atoms with Gasteiger partial charge in [0, 0.05) is 18.3 Å². The second kappa shape index (κ2) is 12.4. The monoisotopic (exact) mass is 480 g/mol. The standard InChI is InChI=1S/C24H30Cl2N2O2S/c1-5-22(24(30)27-16(2)3)28(13-19-9-7-6-8-17(19)4)23(29)15-31-14-18-10-11-20(25)21(26)12-18/h6-12,16,22H,5,13-15H2,1-4H3,(H,27,30). The Bertz CT molecular complexity index is 905. The van der Waals surface area contributed by atoms with Gasteiger partial charge in [-0.1, -0.05) is 60.5 Å². The van der Waals surface area contributed by atoms with E-state index in [1.54, 1.807) is 11.0 Å². The largest absolute Gasteiger partial charge is 0.352 e. The second-order valence-electron chi connectivity index (χ2n) is 7.78. The van der Waals surface area contributed by atoms with Crippen LogP contribution in [0.4, 0.5) is 0 Å². The first-order valence-electron chi connectivity index (χ1n) is 10.4. The van der Waals surface area contributed by atoms with Crippen LogP contribution in [0, 0.1) is 6.92 Å². The van der Waals surface area contributed by atoms with E-state index in [0.29, 0.717) is 28.8 Å². The highest BCUT2D eigenvalue weighted by molar-refractivity contribution is 7.99. The van der Waals surface area contributed by atoms with E-state index in [-0.39, 0.29) is 23.6 Å². The molecule has 2 aromatic carbocycles. The van der Waals surface area contributed by atoms with Crippen LogP contribution in [0.25, 0.3) is 0 Å². The van der Waals surface area contributed by atoms with Gasteiger partial charge in [0.05, 0.1) is 15.8 Å². The maximum absolute atomic E-state index is 13.2. The number of carbonyl (C=O) groups excluding carboxylic acids is 2. The average Bonchev–Trinajstić information content (AvgIpc) is 2.71. The number of benzene rings is 2. The Kier molecular flexibility index (Phi) is 10.2. The van der Waals surface area contributed by atoms with Crippen molar-refractivity contribution in [3.8, 4) is 0 Å². The molecule has 1 N–H and O–H groups in total. The molecule has 0 aliphatic rings. The summed E-state index contributed by atoms with van der Waals surface area (Å²) in [5.41, 5.74) is 3.14. The number of hydrogen-bond donors (Lipinski definition) is 1. The Hall–Kier alpha value is -1.69. The van der Waals surface area contributed by atoms with Gasteiger partial charge in [0.1, 0.15) is 6.04 Å². The average molecular weight is 481 g/mol. The summed E-state index contributed by atoms with van der Waals surface area (Å²) in [6.07, 6.45) is 0.549. The lowest BCUT2D eigenvalue weighted by Gasteiger charge is -2.31. The summed E-state index contributed by atoms with van der Waals surface area (Å²) in [6.45, 7) is 8.21. The van der Waals surface area contributed by atoms with Crippen LogP contribution in [0.5, 0.6) is 0 Å². The zero-order valence-corrected chi connectivity index (χ0v) is 20.8. The summed E-state index contributed by atoms with van der Waals surface area (Å²) >= 11 is 13.6. The van der Waals surface area contributed by atoms with Crippen molar-refractivity contribution >= 4 is 46.8 Å². The highest BCUT2D eigenvalue weighted by atomic mass is 35.5. The van der Waals surface area contributed by atoms with Crippen LogP contribution in [-0.2, 0) is 21.9 Å². The summed E-state index contributed by atoms with van der Waals surface area (Å²) in [5, 5.41) is 3.97. The number of hydrogen-bond acceptors (Lipinski definition) is 3. The van der Waals surface area contributed by atoms with Gasteiger partial charge < -0.3 is 10.2 Å². The Balaban J connectivity index is 2.15. The maximum atomic E-state index is 13.2. The van der Waals surface area contributed by atoms with Gasteiger partial charge in [-0.3, -0.25) is 9.59 Å². The molecule has 7 heteroatoms. The smallest absolute Gasteiger partial charge is 0.243 e. The molecule has 0 bridgehead atoms. The van der Waals surface area contributed by atoms with Gasteiger partial charge in [-0.15, -0.1) is 11.8 Å². The van der Waals surface area contributed by atoms with Gasteiger partial charge in [0.15, 0.2) is 0 Å². The van der Waals surface area contributed by atoms with E-state index < -0.39 is 6.04 Å². The summed E-state index contributed by atoms with van der Waals surface area (Å²) in [6, 6.07) is 12.9. The fourth-order valence-electron chi connectivity index (χ4n) is 3.24. The first-order valence-corrected chi connectivity index (χ1v) is 12.3. The van der Waals surface area contributed by atoms with Gasteiger partial charge in [0.25, 0.3) is 0 Å². The molecule has 2 aromatic rings. The van der Waals surface area contributed by atoms with Crippen LogP contribution >= 0.6 is 35.0 Å². The molecule has 1 unspecified atom stereocenters. The third-order valence-corrected chi connectivity index (χ3v) is 6.62. The number of rotatable bonds is 10. The Morgan fingerprint density at radius 1 is 1.10 bits per heavy atom. The van der Waals surface area contributed by atoms with Gasteiger partial charge in [-0.05, 0) is 56.0 Å². The normalized spacial score (nSPS) is 12.0. The minimum atomic E-state index is -0.514. The fourth-order valence-corrected chi connectivity index (χ4v) is 4.42. The first kappa shape index (κ1) is 25.6. The van der Waals surface area contributed by atoms with Crippen LogP contribution in [-0.4, -0.2) is 34.6 Å². The maximum Gasteiger partial charge on any atom is 0.243 e. The topological polar surface area (TPSA) is 49.4 Å². The summed E-state index contributed by atoms with van der Waals surface area (Å²) in [4.78, 5) is 27.8. The number of carbonyl (C=O) groups is 2. The molecular formula is C24H30Cl2N2O2S. The van der Waals surface area contributed by atoms with Crippen LogP contribution in [0.2, 0.25) is 10.0 Å². The number of nitrogens with zero attached hydrogens (tertiary/aromatic N) is 1. The molecule has 0 heterocycles. The summed E-state index contributed by atoms with van der Waals surface area (Å²) < 4.78 is 0. The third-order valence-electron chi connectivity index (χ3n) is 4.90. The van der Waals surface area contributed by atoms with Crippen LogP contribution in [0.15, 0.2) is 42.5 Å². The van der Waals surface area contributed by atoms with Crippen LogP contribution in [0.1, 0.15) is 43.9 Å². The van der Waals surface area contributed by atoms with Gasteiger partial charge in [-0.25, -0.2) is 0 Å². The first-order chi connectivity index (χ1) is 14.7. The molecule has 4 nitrogen and oxygen atoms in total. The van der Waals surface area contributed by atoms with Crippen LogP contribution < -0.4 is 5.32 Å². The molecular weight excluding hydrogens is 451 g/mol. The molecule has 0 aromatic heterocycles.